The summed E-state index contributed by atoms with van der Waals surface area (Å²) in [6.45, 7) is 1.90. The van der Waals surface area contributed by atoms with Crippen LogP contribution in [-0.4, -0.2) is 44.4 Å². The Morgan fingerprint density at radius 1 is 1.07 bits per heavy atom. The van der Waals surface area contributed by atoms with Crippen LogP contribution >= 0.6 is 11.6 Å². The topological polar surface area (TPSA) is 60.5 Å². The number of nitrogens with zero attached hydrogens (tertiary/aromatic N) is 1. The van der Waals surface area contributed by atoms with Crippen LogP contribution in [0, 0.1) is 0 Å². The SMILES string of the molecule is COCCOCCNC(=O)c1cc(-c2ccc(Cl)cc2)nc2ccccc12. The molecule has 5 nitrogen and oxygen atoms in total. The molecule has 140 valence electrons. The van der Waals surface area contributed by atoms with Gasteiger partial charge >= 0.3 is 0 Å². The summed E-state index contributed by atoms with van der Waals surface area (Å²) in [6, 6.07) is 16.8. The van der Waals surface area contributed by atoms with Crippen molar-refractivity contribution >= 4 is 28.4 Å². The summed E-state index contributed by atoms with van der Waals surface area (Å²) < 4.78 is 10.3. The summed E-state index contributed by atoms with van der Waals surface area (Å²) in [6.07, 6.45) is 0. The molecule has 0 saturated carbocycles. The highest BCUT2D eigenvalue weighted by molar-refractivity contribution is 6.30. The molecule has 1 amide bonds. The second-order valence-corrected chi connectivity index (χ2v) is 6.38. The number of para-hydroxylation sites is 1. The van der Waals surface area contributed by atoms with Crippen molar-refractivity contribution in [3.63, 3.8) is 0 Å². The summed E-state index contributed by atoms with van der Waals surface area (Å²) in [5, 5.41) is 4.37. The number of benzene rings is 2. The van der Waals surface area contributed by atoms with Gasteiger partial charge in [-0.05, 0) is 24.3 Å². The molecule has 0 radical (unpaired) electrons. The van der Waals surface area contributed by atoms with Gasteiger partial charge < -0.3 is 14.8 Å². The molecule has 0 unspecified atom stereocenters. The molecule has 0 spiro atoms. The molecule has 1 aromatic heterocycles. The van der Waals surface area contributed by atoms with E-state index >= 15 is 0 Å². The van der Waals surface area contributed by atoms with Crippen LogP contribution in [0.4, 0.5) is 0 Å². The molecule has 3 aromatic rings. The monoisotopic (exact) mass is 384 g/mol. The maximum absolute atomic E-state index is 12.7. The Hall–Kier alpha value is -2.47. The second kappa shape index (κ2) is 9.46. The van der Waals surface area contributed by atoms with E-state index in [-0.39, 0.29) is 5.91 Å². The van der Waals surface area contributed by atoms with E-state index in [1.807, 2.05) is 54.6 Å². The van der Waals surface area contributed by atoms with Crippen molar-refractivity contribution in [3.05, 3.63) is 65.2 Å². The van der Waals surface area contributed by atoms with E-state index in [1.54, 1.807) is 7.11 Å². The summed E-state index contributed by atoms with van der Waals surface area (Å²) >= 11 is 5.97. The van der Waals surface area contributed by atoms with Gasteiger partial charge in [-0.2, -0.15) is 0 Å². The number of fused-ring (bicyclic) bond motifs is 1. The Kier molecular flexibility index (Phi) is 6.76. The van der Waals surface area contributed by atoms with Gasteiger partial charge in [0.25, 0.3) is 5.91 Å². The number of methoxy groups -OCH3 is 1. The minimum Gasteiger partial charge on any atom is -0.382 e. The lowest BCUT2D eigenvalue weighted by molar-refractivity contribution is 0.0693. The van der Waals surface area contributed by atoms with Crippen molar-refractivity contribution in [1.82, 2.24) is 10.3 Å². The number of halogens is 1. The van der Waals surface area contributed by atoms with Crippen molar-refractivity contribution in [2.45, 2.75) is 0 Å². The lowest BCUT2D eigenvalue weighted by Crippen LogP contribution is -2.28. The Balaban J connectivity index is 1.82. The fraction of sp³-hybridized carbons (Fsp3) is 0.238. The standard InChI is InChI=1S/C21H21ClN2O3/c1-26-12-13-27-11-10-23-21(25)18-14-20(15-6-8-16(22)9-7-15)24-19-5-3-2-4-17(18)19/h2-9,14H,10-13H2,1H3,(H,23,25). The highest BCUT2D eigenvalue weighted by atomic mass is 35.5. The summed E-state index contributed by atoms with van der Waals surface area (Å²) in [5.41, 5.74) is 2.99. The molecular weight excluding hydrogens is 364 g/mol. The fourth-order valence-electron chi connectivity index (χ4n) is 2.71. The molecule has 0 saturated heterocycles. The van der Waals surface area contributed by atoms with Gasteiger partial charge in [-0.15, -0.1) is 0 Å². The fourth-order valence-corrected chi connectivity index (χ4v) is 2.83. The summed E-state index contributed by atoms with van der Waals surface area (Å²) in [5.74, 6) is -0.154. The molecule has 0 bridgehead atoms. The van der Waals surface area contributed by atoms with Crippen molar-refractivity contribution in [2.24, 2.45) is 0 Å². The minimum absolute atomic E-state index is 0.154. The number of carbonyl (C=O) groups excluding carboxylic acids is 1. The largest absolute Gasteiger partial charge is 0.382 e. The summed E-state index contributed by atoms with van der Waals surface area (Å²) in [4.78, 5) is 17.4. The van der Waals surface area contributed by atoms with Gasteiger partial charge in [0, 0.05) is 29.6 Å². The van der Waals surface area contributed by atoms with E-state index in [2.05, 4.69) is 10.3 Å². The van der Waals surface area contributed by atoms with E-state index in [0.29, 0.717) is 37.0 Å². The Morgan fingerprint density at radius 2 is 1.85 bits per heavy atom. The Bertz CT molecular complexity index is 913. The first-order chi connectivity index (χ1) is 13.2. The average molecular weight is 385 g/mol. The molecule has 1 N–H and O–H groups in total. The molecule has 0 aliphatic heterocycles. The van der Waals surface area contributed by atoms with Crippen LogP contribution in [0.1, 0.15) is 10.4 Å². The number of hydrogen-bond acceptors (Lipinski definition) is 4. The first kappa shape index (κ1) is 19.3. The van der Waals surface area contributed by atoms with Crippen LogP contribution in [0.25, 0.3) is 22.2 Å². The first-order valence-electron chi connectivity index (χ1n) is 8.69. The predicted octanol–water partition coefficient (Wildman–Crippen LogP) is 3.95. The highest BCUT2D eigenvalue weighted by Gasteiger charge is 2.13. The van der Waals surface area contributed by atoms with E-state index < -0.39 is 0 Å². The van der Waals surface area contributed by atoms with Crippen LogP contribution in [0.3, 0.4) is 0 Å². The van der Waals surface area contributed by atoms with Gasteiger partial charge in [0.15, 0.2) is 0 Å². The number of pyridine rings is 1. The lowest BCUT2D eigenvalue weighted by atomic mass is 10.0. The Labute approximate surface area is 163 Å². The van der Waals surface area contributed by atoms with Crippen molar-refractivity contribution in [1.29, 1.82) is 0 Å². The van der Waals surface area contributed by atoms with E-state index in [9.17, 15) is 4.79 Å². The number of ether oxygens (including phenoxy) is 2. The second-order valence-electron chi connectivity index (χ2n) is 5.94. The third-order valence-corrected chi connectivity index (χ3v) is 4.32. The number of aromatic nitrogens is 1. The van der Waals surface area contributed by atoms with Crippen LogP contribution in [0.2, 0.25) is 5.02 Å². The quantitative estimate of drug-likeness (QED) is 0.597. The molecule has 2 aromatic carbocycles. The zero-order chi connectivity index (χ0) is 19.1. The van der Waals surface area contributed by atoms with E-state index in [0.717, 1.165) is 22.2 Å². The maximum atomic E-state index is 12.7. The lowest BCUT2D eigenvalue weighted by Gasteiger charge is -2.11. The molecule has 0 aliphatic rings. The van der Waals surface area contributed by atoms with Gasteiger partial charge in [0.1, 0.15) is 0 Å². The average Bonchev–Trinajstić information content (AvgIpc) is 2.70. The number of hydrogen-bond donors (Lipinski definition) is 1. The van der Waals surface area contributed by atoms with Crippen LogP contribution in [-0.2, 0) is 9.47 Å². The van der Waals surface area contributed by atoms with Crippen LogP contribution in [0.15, 0.2) is 54.6 Å². The number of amides is 1. The van der Waals surface area contributed by atoms with Crippen molar-refractivity contribution in [3.8, 4) is 11.3 Å². The van der Waals surface area contributed by atoms with E-state index in [1.165, 1.54) is 0 Å². The zero-order valence-corrected chi connectivity index (χ0v) is 15.8. The third-order valence-electron chi connectivity index (χ3n) is 4.06. The summed E-state index contributed by atoms with van der Waals surface area (Å²) in [7, 11) is 1.62. The number of rotatable bonds is 8. The van der Waals surface area contributed by atoms with Crippen LogP contribution < -0.4 is 5.32 Å². The molecule has 1 heterocycles. The van der Waals surface area contributed by atoms with E-state index in [4.69, 9.17) is 21.1 Å². The molecule has 3 rings (SSSR count). The van der Waals surface area contributed by atoms with Crippen molar-refractivity contribution < 1.29 is 14.3 Å². The van der Waals surface area contributed by atoms with Gasteiger partial charge in [0.2, 0.25) is 0 Å². The zero-order valence-electron chi connectivity index (χ0n) is 15.1. The molecule has 6 heteroatoms. The number of nitrogens with one attached hydrogen (secondary N) is 1. The molecular formula is C21H21ClN2O3. The normalized spacial score (nSPS) is 10.9. The first-order valence-corrected chi connectivity index (χ1v) is 9.07. The molecule has 27 heavy (non-hydrogen) atoms. The predicted molar refractivity (Wildman–Crippen MR) is 107 cm³/mol. The van der Waals surface area contributed by atoms with Crippen LogP contribution in [0.5, 0.6) is 0 Å². The molecule has 0 atom stereocenters. The minimum atomic E-state index is -0.154. The molecule has 0 fully saturated rings. The third kappa shape index (κ3) is 5.04. The van der Waals surface area contributed by atoms with Gasteiger partial charge in [-0.1, -0.05) is 41.9 Å². The maximum Gasteiger partial charge on any atom is 0.252 e. The number of carbonyl (C=O) groups is 1. The van der Waals surface area contributed by atoms with Crippen molar-refractivity contribution in [2.75, 3.05) is 33.5 Å². The Morgan fingerprint density at radius 3 is 2.63 bits per heavy atom. The smallest absolute Gasteiger partial charge is 0.252 e. The van der Waals surface area contributed by atoms with Gasteiger partial charge in [-0.25, -0.2) is 4.98 Å². The van der Waals surface area contributed by atoms with Gasteiger partial charge in [-0.3, -0.25) is 4.79 Å². The van der Waals surface area contributed by atoms with Gasteiger partial charge in [0.05, 0.1) is 36.6 Å². The highest BCUT2D eigenvalue weighted by Crippen LogP contribution is 2.25. The molecule has 0 aliphatic carbocycles.